The summed E-state index contributed by atoms with van der Waals surface area (Å²) in [6.07, 6.45) is 2.37. The van der Waals surface area contributed by atoms with Gasteiger partial charge in [0.05, 0.1) is 28.4 Å². The molecule has 0 saturated carbocycles. The first-order chi connectivity index (χ1) is 15.7. The van der Waals surface area contributed by atoms with Crippen molar-refractivity contribution in [3.63, 3.8) is 0 Å². The van der Waals surface area contributed by atoms with Gasteiger partial charge in [-0.3, -0.25) is 15.2 Å². The van der Waals surface area contributed by atoms with Crippen molar-refractivity contribution in [3.05, 3.63) is 63.1 Å². The van der Waals surface area contributed by atoms with E-state index in [0.29, 0.717) is 32.9 Å². The molecule has 1 amide bonds. The Kier molecular flexibility index (Phi) is 7.22. The number of ether oxygens (including phenoxy) is 1. The Morgan fingerprint density at radius 2 is 1.82 bits per heavy atom. The molecule has 6 nitrogen and oxygen atoms in total. The zero-order valence-electron chi connectivity index (χ0n) is 18.8. The van der Waals surface area contributed by atoms with E-state index in [1.807, 2.05) is 49.2 Å². The standard InChI is InChI=1S/C24H27Cl3N4O2/c1-24(2,33-3)22-5-4-12-30(22)29-23(32)19-14-21(15-6-8-16(25)9-7-15)31(28-19)20-11-10-17(26)13-18(20)27/h6-11,13,21-22H,4-5,12,14H2,1-3H3,(H,29,32)/t21?,22-/m0/s1. The molecule has 2 atom stereocenters. The number of anilines is 1. The molecule has 0 bridgehead atoms. The number of hydrogen-bond acceptors (Lipinski definition) is 5. The van der Waals surface area contributed by atoms with Crippen LogP contribution in [-0.2, 0) is 9.53 Å². The van der Waals surface area contributed by atoms with Gasteiger partial charge in [-0.15, -0.1) is 0 Å². The molecule has 1 fully saturated rings. The Morgan fingerprint density at radius 1 is 1.12 bits per heavy atom. The van der Waals surface area contributed by atoms with Crippen LogP contribution in [-0.4, -0.2) is 41.9 Å². The minimum absolute atomic E-state index is 0.0855. The van der Waals surface area contributed by atoms with Crippen LogP contribution in [0.25, 0.3) is 0 Å². The fourth-order valence-electron chi connectivity index (χ4n) is 4.44. The summed E-state index contributed by atoms with van der Waals surface area (Å²) in [5, 5.41) is 10.1. The molecule has 1 N–H and O–H groups in total. The molecule has 176 valence electrons. The maximum atomic E-state index is 13.3. The molecule has 1 saturated heterocycles. The second-order valence-electron chi connectivity index (χ2n) is 8.86. The van der Waals surface area contributed by atoms with Crippen LogP contribution in [0, 0.1) is 0 Å². The van der Waals surface area contributed by atoms with Gasteiger partial charge in [0.25, 0.3) is 5.91 Å². The third-order valence-electron chi connectivity index (χ3n) is 6.41. The van der Waals surface area contributed by atoms with Gasteiger partial charge in [0.1, 0.15) is 5.71 Å². The molecule has 4 rings (SSSR count). The molecule has 2 aromatic carbocycles. The first-order valence-corrected chi connectivity index (χ1v) is 12.0. The average Bonchev–Trinajstić information content (AvgIpc) is 3.42. The van der Waals surface area contributed by atoms with E-state index in [1.165, 1.54) is 0 Å². The molecular formula is C24H27Cl3N4O2. The summed E-state index contributed by atoms with van der Waals surface area (Å²) in [4.78, 5) is 13.3. The number of amides is 1. The van der Waals surface area contributed by atoms with Crippen LogP contribution >= 0.6 is 34.8 Å². The molecule has 2 aliphatic rings. The lowest BCUT2D eigenvalue weighted by Gasteiger charge is -2.36. The number of nitrogens with zero attached hydrogens (tertiary/aromatic N) is 3. The number of rotatable bonds is 6. The first-order valence-electron chi connectivity index (χ1n) is 10.9. The van der Waals surface area contributed by atoms with Crippen molar-refractivity contribution >= 4 is 52.1 Å². The molecule has 0 aliphatic carbocycles. The lowest BCUT2D eigenvalue weighted by atomic mass is 9.97. The number of methoxy groups -OCH3 is 1. The van der Waals surface area contributed by atoms with E-state index >= 15 is 0 Å². The molecular weight excluding hydrogens is 483 g/mol. The smallest absolute Gasteiger partial charge is 0.281 e. The van der Waals surface area contributed by atoms with Gasteiger partial charge >= 0.3 is 0 Å². The lowest BCUT2D eigenvalue weighted by Crippen LogP contribution is -2.55. The summed E-state index contributed by atoms with van der Waals surface area (Å²) in [5.74, 6) is -0.222. The van der Waals surface area contributed by atoms with Gasteiger partial charge in [0.15, 0.2) is 0 Å². The maximum Gasteiger partial charge on any atom is 0.281 e. The van der Waals surface area contributed by atoms with E-state index < -0.39 is 0 Å². The van der Waals surface area contributed by atoms with Gasteiger partial charge in [-0.1, -0.05) is 46.9 Å². The van der Waals surface area contributed by atoms with Crippen molar-refractivity contribution in [2.45, 2.75) is 50.8 Å². The summed E-state index contributed by atoms with van der Waals surface area (Å²) < 4.78 is 5.67. The van der Waals surface area contributed by atoms with Crippen LogP contribution in [0.2, 0.25) is 15.1 Å². The monoisotopic (exact) mass is 508 g/mol. The highest BCUT2D eigenvalue weighted by atomic mass is 35.5. The largest absolute Gasteiger partial charge is 0.377 e. The first kappa shape index (κ1) is 24.3. The Balaban J connectivity index is 1.61. The number of hydrogen-bond donors (Lipinski definition) is 1. The number of halogens is 3. The van der Waals surface area contributed by atoms with Gasteiger partial charge in [-0.05, 0) is 62.6 Å². The number of hydrazine groups is 1. The normalized spacial score (nSPS) is 21.4. The topological polar surface area (TPSA) is 57.2 Å². The summed E-state index contributed by atoms with van der Waals surface area (Å²) >= 11 is 18.7. The SMILES string of the molecule is COC(C)(C)[C@@H]1CCCN1NC(=O)C1=NN(c2ccc(Cl)cc2Cl)C(c2ccc(Cl)cc2)C1. The Morgan fingerprint density at radius 3 is 2.48 bits per heavy atom. The van der Waals surface area contributed by atoms with Crippen molar-refractivity contribution in [2.24, 2.45) is 5.10 Å². The molecule has 0 spiro atoms. The number of carbonyl (C=O) groups is 1. The van der Waals surface area contributed by atoms with Gasteiger partial charge < -0.3 is 4.74 Å². The van der Waals surface area contributed by atoms with Crippen LogP contribution in [0.4, 0.5) is 5.69 Å². The van der Waals surface area contributed by atoms with Crippen LogP contribution in [0.1, 0.15) is 44.7 Å². The van der Waals surface area contributed by atoms with E-state index in [9.17, 15) is 4.79 Å². The second-order valence-corrected chi connectivity index (χ2v) is 10.1. The van der Waals surface area contributed by atoms with Crippen LogP contribution in [0.5, 0.6) is 0 Å². The van der Waals surface area contributed by atoms with Gasteiger partial charge in [0.2, 0.25) is 0 Å². The fourth-order valence-corrected chi connectivity index (χ4v) is 5.06. The zero-order valence-corrected chi connectivity index (χ0v) is 21.1. The third kappa shape index (κ3) is 5.15. The second kappa shape index (κ2) is 9.80. The summed E-state index contributed by atoms with van der Waals surface area (Å²) in [6, 6.07) is 12.7. The zero-order chi connectivity index (χ0) is 23.8. The van der Waals surface area contributed by atoms with Crippen molar-refractivity contribution in [2.75, 3.05) is 18.7 Å². The lowest BCUT2D eigenvalue weighted by molar-refractivity contribution is -0.123. The molecule has 33 heavy (non-hydrogen) atoms. The van der Waals surface area contributed by atoms with E-state index in [1.54, 1.807) is 24.3 Å². The number of hydrazone groups is 1. The highest BCUT2D eigenvalue weighted by Crippen LogP contribution is 2.40. The van der Waals surface area contributed by atoms with Crippen molar-refractivity contribution < 1.29 is 9.53 Å². The predicted octanol–water partition coefficient (Wildman–Crippen LogP) is 5.87. The number of nitrogens with one attached hydrogen (secondary N) is 1. The highest BCUT2D eigenvalue weighted by Gasteiger charge is 2.40. The molecule has 2 aliphatic heterocycles. The van der Waals surface area contributed by atoms with Crippen molar-refractivity contribution in [1.29, 1.82) is 0 Å². The van der Waals surface area contributed by atoms with Crippen molar-refractivity contribution in [1.82, 2.24) is 10.4 Å². The molecule has 2 heterocycles. The number of benzene rings is 2. The van der Waals surface area contributed by atoms with E-state index in [-0.39, 0.29) is 23.6 Å². The van der Waals surface area contributed by atoms with Gasteiger partial charge in [-0.25, -0.2) is 5.01 Å². The van der Waals surface area contributed by atoms with Crippen LogP contribution in [0.15, 0.2) is 47.6 Å². The fraction of sp³-hybridized carbons (Fsp3) is 0.417. The summed E-state index contributed by atoms with van der Waals surface area (Å²) in [5.41, 5.74) is 4.79. The summed E-state index contributed by atoms with van der Waals surface area (Å²) in [7, 11) is 1.70. The predicted molar refractivity (Wildman–Crippen MR) is 134 cm³/mol. The van der Waals surface area contributed by atoms with Crippen molar-refractivity contribution in [3.8, 4) is 0 Å². The number of carbonyl (C=O) groups excluding carboxylic acids is 1. The Bertz CT molecular complexity index is 1060. The van der Waals surface area contributed by atoms with E-state index in [2.05, 4.69) is 5.43 Å². The minimum atomic E-state index is -0.379. The molecule has 0 radical (unpaired) electrons. The molecule has 1 unspecified atom stereocenters. The maximum absolute atomic E-state index is 13.3. The van der Waals surface area contributed by atoms with Crippen LogP contribution in [0.3, 0.4) is 0 Å². The highest BCUT2D eigenvalue weighted by molar-refractivity contribution is 6.40. The molecule has 2 aromatic rings. The van der Waals surface area contributed by atoms with Crippen LogP contribution < -0.4 is 10.4 Å². The van der Waals surface area contributed by atoms with E-state index in [4.69, 9.17) is 44.6 Å². The average molecular weight is 510 g/mol. The quantitative estimate of drug-likeness (QED) is 0.529. The molecule has 0 aromatic heterocycles. The van der Waals surface area contributed by atoms with Gasteiger partial charge in [-0.2, -0.15) is 5.10 Å². The Hall–Kier alpha value is -1.83. The Labute approximate surface area is 209 Å². The van der Waals surface area contributed by atoms with Gasteiger partial charge in [0, 0.05) is 30.1 Å². The minimum Gasteiger partial charge on any atom is -0.377 e. The van der Waals surface area contributed by atoms with E-state index in [0.717, 1.165) is 24.9 Å². The summed E-state index contributed by atoms with van der Waals surface area (Å²) in [6.45, 7) is 4.84. The molecule has 9 heteroatoms. The third-order valence-corrected chi connectivity index (χ3v) is 7.20.